The Kier molecular flexibility index (Phi) is 4.48. The van der Waals surface area contributed by atoms with Crippen molar-refractivity contribution in [3.05, 3.63) is 22.4 Å². The van der Waals surface area contributed by atoms with Crippen LogP contribution in [0.15, 0.2) is 17.5 Å². The number of hydrogen-bond acceptors (Lipinski definition) is 3. The number of carbonyl (C=O) groups excluding carboxylic acids is 1. The number of thioether (sulfide) groups is 1. The molecule has 2 nitrogen and oxygen atoms in total. The summed E-state index contributed by atoms with van der Waals surface area (Å²) in [6, 6.07) is 4.58. The van der Waals surface area contributed by atoms with E-state index in [1.54, 1.807) is 23.1 Å². The summed E-state index contributed by atoms with van der Waals surface area (Å²) in [7, 11) is 0. The Morgan fingerprint density at radius 3 is 2.52 bits per heavy atom. The molecule has 0 unspecified atom stereocenters. The molecule has 4 heteroatoms. The lowest BCUT2D eigenvalue weighted by Crippen LogP contribution is -2.56. The van der Waals surface area contributed by atoms with Crippen LogP contribution < -0.4 is 5.32 Å². The van der Waals surface area contributed by atoms with Gasteiger partial charge < -0.3 is 5.32 Å². The Morgan fingerprint density at radius 2 is 1.96 bits per heavy atom. The molecule has 4 bridgehead atoms. The van der Waals surface area contributed by atoms with E-state index >= 15 is 0 Å². The van der Waals surface area contributed by atoms with E-state index in [2.05, 4.69) is 29.8 Å². The Balaban J connectivity index is 1.29. The first kappa shape index (κ1) is 16.0. The quantitative estimate of drug-likeness (QED) is 0.806. The van der Waals surface area contributed by atoms with Gasteiger partial charge in [-0.15, -0.1) is 23.1 Å². The van der Waals surface area contributed by atoms with Gasteiger partial charge in [0.15, 0.2) is 0 Å². The maximum atomic E-state index is 12.3. The smallest absolute Gasteiger partial charge is 0.230 e. The van der Waals surface area contributed by atoms with Gasteiger partial charge in [-0.25, -0.2) is 0 Å². The maximum Gasteiger partial charge on any atom is 0.230 e. The molecule has 1 aromatic heterocycles. The Labute approximate surface area is 147 Å². The molecule has 23 heavy (non-hydrogen) atoms. The van der Waals surface area contributed by atoms with Crippen LogP contribution >= 0.6 is 23.1 Å². The van der Waals surface area contributed by atoms with Gasteiger partial charge in [0.2, 0.25) is 5.91 Å². The molecule has 1 N–H and O–H groups in total. The predicted molar refractivity (Wildman–Crippen MR) is 98.7 cm³/mol. The first-order valence-corrected chi connectivity index (χ1v) is 11.1. The Morgan fingerprint density at radius 1 is 1.30 bits per heavy atom. The number of thiophene rings is 1. The summed E-state index contributed by atoms with van der Waals surface area (Å²) in [4.78, 5) is 13.7. The number of rotatable bonds is 6. The lowest BCUT2D eigenvalue weighted by molar-refractivity contribution is -0.123. The van der Waals surface area contributed by atoms with Gasteiger partial charge in [0, 0.05) is 16.7 Å². The molecule has 5 rings (SSSR count). The van der Waals surface area contributed by atoms with Gasteiger partial charge in [0.25, 0.3) is 0 Å². The van der Waals surface area contributed by atoms with Gasteiger partial charge >= 0.3 is 0 Å². The van der Waals surface area contributed by atoms with Crippen LogP contribution in [0.25, 0.3) is 0 Å². The van der Waals surface area contributed by atoms with Crippen molar-refractivity contribution in [2.24, 2.45) is 23.2 Å². The van der Waals surface area contributed by atoms with Crippen LogP contribution in [0.5, 0.6) is 0 Å². The normalized spacial score (nSPS) is 36.1. The zero-order chi connectivity index (χ0) is 15.9. The van der Waals surface area contributed by atoms with Gasteiger partial charge in [-0.1, -0.05) is 6.07 Å². The van der Waals surface area contributed by atoms with Crippen LogP contribution in [0.3, 0.4) is 0 Å². The third-order valence-corrected chi connectivity index (χ3v) is 8.48. The number of hydrogen-bond donors (Lipinski definition) is 1. The lowest BCUT2D eigenvalue weighted by atomic mass is 9.48. The molecule has 4 aliphatic carbocycles. The number of amides is 1. The first-order chi connectivity index (χ1) is 11.1. The molecule has 1 heterocycles. The molecular weight excluding hydrogens is 322 g/mol. The summed E-state index contributed by atoms with van der Waals surface area (Å²) in [5, 5.41) is 5.46. The van der Waals surface area contributed by atoms with E-state index in [4.69, 9.17) is 0 Å². The minimum absolute atomic E-state index is 0.231. The van der Waals surface area contributed by atoms with Crippen LogP contribution in [0, 0.1) is 23.2 Å². The van der Waals surface area contributed by atoms with Crippen LogP contribution in [-0.4, -0.2) is 17.7 Å². The zero-order valence-electron chi connectivity index (χ0n) is 13.9. The van der Waals surface area contributed by atoms with Gasteiger partial charge in [0.05, 0.1) is 5.75 Å². The highest BCUT2D eigenvalue weighted by Crippen LogP contribution is 2.61. The summed E-state index contributed by atoms with van der Waals surface area (Å²) < 4.78 is 0. The summed E-state index contributed by atoms with van der Waals surface area (Å²) in [6.07, 6.45) is 8.50. The van der Waals surface area contributed by atoms with Crippen LogP contribution in [-0.2, 0) is 10.5 Å². The molecule has 1 aromatic rings. The van der Waals surface area contributed by atoms with Crippen molar-refractivity contribution in [2.45, 2.75) is 57.2 Å². The van der Waals surface area contributed by atoms with E-state index < -0.39 is 0 Å². The first-order valence-electron chi connectivity index (χ1n) is 9.02. The fraction of sp³-hybridized carbons (Fsp3) is 0.737. The number of carbonyl (C=O) groups is 1. The Hall–Kier alpha value is -0.480. The van der Waals surface area contributed by atoms with Crippen LogP contribution in [0.2, 0.25) is 0 Å². The molecule has 0 aromatic carbocycles. The second kappa shape index (κ2) is 6.44. The van der Waals surface area contributed by atoms with Crippen molar-refractivity contribution < 1.29 is 4.79 Å². The summed E-state index contributed by atoms with van der Waals surface area (Å²) in [6.45, 7) is 2.27. The average molecular weight is 350 g/mol. The summed E-state index contributed by atoms with van der Waals surface area (Å²) >= 11 is 3.51. The Bertz CT molecular complexity index is 518. The van der Waals surface area contributed by atoms with Crippen LogP contribution in [0.4, 0.5) is 0 Å². The van der Waals surface area contributed by atoms with E-state index in [9.17, 15) is 4.79 Å². The van der Waals surface area contributed by atoms with E-state index in [-0.39, 0.29) is 5.91 Å². The van der Waals surface area contributed by atoms with Crippen LogP contribution in [0.1, 0.15) is 50.3 Å². The van der Waals surface area contributed by atoms with Gasteiger partial charge in [-0.2, -0.15) is 0 Å². The zero-order valence-corrected chi connectivity index (χ0v) is 15.6. The van der Waals surface area contributed by atoms with Gasteiger partial charge in [-0.05, 0) is 80.1 Å². The molecule has 1 atom stereocenters. The topological polar surface area (TPSA) is 29.1 Å². The van der Waals surface area contributed by atoms with Crippen molar-refractivity contribution in [3.63, 3.8) is 0 Å². The third kappa shape index (κ3) is 3.34. The van der Waals surface area contributed by atoms with E-state index in [0.29, 0.717) is 17.2 Å². The van der Waals surface area contributed by atoms with E-state index in [0.717, 1.165) is 23.5 Å². The fourth-order valence-electron chi connectivity index (χ4n) is 5.78. The molecule has 0 radical (unpaired) electrons. The largest absolute Gasteiger partial charge is 0.352 e. The van der Waals surface area contributed by atoms with Crippen molar-refractivity contribution in [3.8, 4) is 0 Å². The minimum atomic E-state index is 0.231. The molecule has 0 saturated heterocycles. The standard InChI is InChI=1S/C19H27NOS2/c1-13(20-18(21)12-22-11-17-3-2-4-23-17)19-8-14-5-15(9-19)7-16(6-14)10-19/h2-4,13-16H,5-12H2,1H3,(H,20,21)/t13-,14?,15?,16?,19?/m0/s1. The van der Waals surface area contributed by atoms with Crippen molar-refractivity contribution >= 4 is 29.0 Å². The maximum absolute atomic E-state index is 12.3. The minimum Gasteiger partial charge on any atom is -0.352 e. The second-order valence-electron chi connectivity index (χ2n) is 8.14. The molecule has 0 aliphatic heterocycles. The molecule has 0 spiro atoms. The second-order valence-corrected chi connectivity index (χ2v) is 10.2. The molecule has 4 fully saturated rings. The average Bonchev–Trinajstić information content (AvgIpc) is 2.99. The monoisotopic (exact) mass is 349 g/mol. The molecular formula is C19H27NOS2. The molecule has 4 saturated carbocycles. The molecule has 1 amide bonds. The van der Waals surface area contributed by atoms with E-state index in [1.807, 2.05) is 0 Å². The van der Waals surface area contributed by atoms with E-state index in [1.165, 1.54) is 43.4 Å². The highest BCUT2D eigenvalue weighted by atomic mass is 32.2. The summed E-state index contributed by atoms with van der Waals surface area (Å²) in [5.74, 6) is 4.64. The van der Waals surface area contributed by atoms with Gasteiger partial charge in [-0.3, -0.25) is 4.79 Å². The third-order valence-electron chi connectivity index (χ3n) is 6.44. The van der Waals surface area contributed by atoms with Crippen molar-refractivity contribution in [1.82, 2.24) is 5.32 Å². The lowest BCUT2D eigenvalue weighted by Gasteiger charge is -2.59. The molecule has 126 valence electrons. The highest BCUT2D eigenvalue weighted by molar-refractivity contribution is 7.99. The fourth-order valence-corrected chi connectivity index (χ4v) is 7.46. The van der Waals surface area contributed by atoms with Crippen molar-refractivity contribution in [1.29, 1.82) is 0 Å². The van der Waals surface area contributed by atoms with Crippen molar-refractivity contribution in [2.75, 3.05) is 5.75 Å². The highest BCUT2D eigenvalue weighted by Gasteiger charge is 2.53. The van der Waals surface area contributed by atoms with Gasteiger partial charge in [0.1, 0.15) is 0 Å². The molecule has 4 aliphatic rings. The SMILES string of the molecule is C[C@H](NC(=O)CSCc1cccs1)C12CC3CC(CC(C3)C1)C2. The summed E-state index contributed by atoms with van der Waals surface area (Å²) in [5.41, 5.74) is 0.419. The predicted octanol–water partition coefficient (Wildman–Crippen LogP) is 4.70. The number of nitrogens with one attached hydrogen (secondary N) is 1.